The van der Waals surface area contributed by atoms with Gasteiger partial charge in [0.2, 0.25) is 0 Å². The molecule has 0 spiro atoms. The molecular weight excluding hydrogens is 561 g/mol. The van der Waals surface area contributed by atoms with Gasteiger partial charge >= 0.3 is 0 Å². The minimum Gasteiger partial charge on any atom is -0.497 e. The summed E-state index contributed by atoms with van der Waals surface area (Å²) in [6, 6.07) is 35.7. The van der Waals surface area contributed by atoms with Crippen LogP contribution in [0.1, 0.15) is 48.2 Å². The van der Waals surface area contributed by atoms with E-state index in [0.717, 1.165) is 43.8 Å². The maximum atomic E-state index is 6.72. The smallest absolute Gasteiger partial charge is 0.128 e. The molecule has 0 N–H and O–H groups in total. The number of hydrogen-bond acceptors (Lipinski definition) is 4. The summed E-state index contributed by atoms with van der Waals surface area (Å²) < 4.78 is 5.42. The van der Waals surface area contributed by atoms with Crippen molar-refractivity contribution in [1.82, 2.24) is 14.7 Å². The summed E-state index contributed by atoms with van der Waals surface area (Å²) in [6.45, 7) is 5.31. The average Bonchev–Trinajstić information content (AvgIpc) is 3.29. The van der Waals surface area contributed by atoms with Gasteiger partial charge in [0.1, 0.15) is 11.9 Å². The Labute approximate surface area is 260 Å². The van der Waals surface area contributed by atoms with Crippen molar-refractivity contribution in [3.8, 4) is 5.75 Å². The highest BCUT2D eigenvalue weighted by Crippen LogP contribution is 2.43. The molecule has 42 heavy (non-hydrogen) atoms. The maximum absolute atomic E-state index is 6.72. The van der Waals surface area contributed by atoms with Gasteiger partial charge in [-0.3, -0.25) is 4.90 Å². The number of nitrogens with zero attached hydrogens (tertiary/aromatic N) is 3. The average molecular weight is 601 g/mol. The second-order valence-corrected chi connectivity index (χ2v) is 11.6. The highest BCUT2D eigenvalue weighted by atomic mass is 35.5. The van der Waals surface area contributed by atoms with Gasteiger partial charge in [-0.15, -0.1) is 0 Å². The summed E-state index contributed by atoms with van der Waals surface area (Å²) >= 11 is 13.4. The molecule has 4 nitrogen and oxygen atoms in total. The van der Waals surface area contributed by atoms with E-state index in [1.807, 2.05) is 30.3 Å². The predicted octanol–water partition coefficient (Wildman–Crippen LogP) is 9.12. The number of unbranched alkanes of at least 4 members (excludes halogenated alkanes) is 1. The first kappa shape index (κ1) is 30.0. The van der Waals surface area contributed by atoms with E-state index in [2.05, 4.69) is 101 Å². The zero-order chi connectivity index (χ0) is 29.5. The Morgan fingerprint density at radius 3 is 2.02 bits per heavy atom. The molecule has 0 saturated heterocycles. The van der Waals surface area contributed by atoms with Gasteiger partial charge in [0.05, 0.1) is 18.5 Å². The largest absolute Gasteiger partial charge is 0.497 e. The van der Waals surface area contributed by atoms with Crippen molar-refractivity contribution >= 4 is 28.9 Å². The molecule has 0 aliphatic carbocycles. The number of halogens is 2. The Kier molecular flexibility index (Phi) is 10.1. The Hall–Kier alpha value is -3.44. The summed E-state index contributed by atoms with van der Waals surface area (Å²) in [5, 5.41) is 1.38. The first-order chi connectivity index (χ1) is 20.5. The summed E-state index contributed by atoms with van der Waals surface area (Å²) in [5.41, 5.74) is 7.22. The van der Waals surface area contributed by atoms with Gasteiger partial charge in [0.25, 0.3) is 0 Å². The predicted molar refractivity (Wildman–Crippen MR) is 175 cm³/mol. The lowest BCUT2D eigenvalue weighted by atomic mass is 10.1. The molecule has 1 heterocycles. The molecule has 0 aromatic heterocycles. The van der Waals surface area contributed by atoms with Crippen LogP contribution in [-0.4, -0.2) is 41.9 Å². The second-order valence-electron chi connectivity index (χ2n) is 10.8. The van der Waals surface area contributed by atoms with Gasteiger partial charge in [0.15, 0.2) is 0 Å². The Morgan fingerprint density at radius 2 is 1.40 bits per heavy atom. The summed E-state index contributed by atoms with van der Waals surface area (Å²) in [6.07, 6.45) is 2.34. The van der Waals surface area contributed by atoms with Crippen LogP contribution < -0.4 is 4.74 Å². The van der Waals surface area contributed by atoms with Crippen molar-refractivity contribution < 1.29 is 4.74 Å². The fourth-order valence-corrected chi connectivity index (χ4v) is 6.36. The van der Waals surface area contributed by atoms with Gasteiger partial charge in [-0.2, -0.15) is 0 Å². The van der Waals surface area contributed by atoms with E-state index in [1.165, 1.54) is 28.1 Å². The molecule has 0 saturated carbocycles. The molecule has 1 unspecified atom stereocenters. The minimum atomic E-state index is 0.106. The monoisotopic (exact) mass is 599 g/mol. The number of ether oxygens (including phenoxy) is 1. The molecule has 0 bridgehead atoms. The van der Waals surface area contributed by atoms with Gasteiger partial charge in [-0.25, -0.2) is 0 Å². The summed E-state index contributed by atoms with van der Waals surface area (Å²) in [4.78, 5) is 7.51. The van der Waals surface area contributed by atoms with Gasteiger partial charge in [-0.05, 0) is 47.4 Å². The van der Waals surface area contributed by atoms with Crippen molar-refractivity contribution in [2.24, 2.45) is 0 Å². The van der Waals surface area contributed by atoms with Crippen molar-refractivity contribution in [2.75, 3.05) is 27.2 Å². The van der Waals surface area contributed by atoms with Crippen LogP contribution in [0, 0.1) is 0 Å². The fourth-order valence-electron chi connectivity index (χ4n) is 5.84. The van der Waals surface area contributed by atoms with Crippen molar-refractivity contribution in [1.29, 1.82) is 0 Å². The van der Waals surface area contributed by atoms with Crippen molar-refractivity contribution in [3.63, 3.8) is 0 Å². The van der Waals surface area contributed by atoms with Crippen LogP contribution in [0.3, 0.4) is 0 Å². The third-order valence-corrected chi connectivity index (χ3v) is 8.62. The number of benzene rings is 4. The topological polar surface area (TPSA) is 19.0 Å². The number of rotatable bonds is 12. The highest BCUT2D eigenvalue weighted by molar-refractivity contribution is 6.35. The number of hydrogen-bond donors (Lipinski definition) is 0. The van der Waals surface area contributed by atoms with E-state index in [-0.39, 0.29) is 6.17 Å². The van der Waals surface area contributed by atoms with Crippen molar-refractivity contribution in [3.05, 3.63) is 141 Å². The Balaban J connectivity index is 1.60. The van der Waals surface area contributed by atoms with E-state index in [1.54, 1.807) is 7.11 Å². The normalized spacial score (nSPS) is 15.1. The first-order valence-corrected chi connectivity index (χ1v) is 15.4. The Morgan fingerprint density at radius 1 is 0.762 bits per heavy atom. The summed E-state index contributed by atoms with van der Waals surface area (Å²) in [5.74, 6) is 0.849. The standard InChI is InChI=1S/C36H39Cl2N3O/c1-4-5-23-41-34(35(28-13-8-6-9-14-28)39(2)36(41)29-15-10-7-11-16-29)26-40(24-27-19-21-30(42-3)22-20-27)25-31-32(37)17-12-18-33(31)38/h6-22,36H,4-5,23-26H2,1-3H3. The first-order valence-electron chi connectivity index (χ1n) is 14.6. The zero-order valence-corrected chi connectivity index (χ0v) is 26.2. The van der Waals surface area contributed by atoms with Crippen LogP contribution in [0.15, 0.2) is 109 Å². The van der Waals surface area contributed by atoms with Crippen LogP contribution in [0.2, 0.25) is 10.0 Å². The molecule has 1 aliphatic heterocycles. The molecule has 4 aromatic rings. The lowest BCUT2D eigenvalue weighted by Crippen LogP contribution is -2.35. The maximum Gasteiger partial charge on any atom is 0.128 e. The zero-order valence-electron chi connectivity index (χ0n) is 24.6. The number of methoxy groups -OCH3 is 1. The van der Waals surface area contributed by atoms with Gasteiger partial charge in [0, 0.05) is 48.8 Å². The lowest BCUT2D eigenvalue weighted by Gasteiger charge is -2.35. The molecule has 5 rings (SSSR count). The highest BCUT2D eigenvalue weighted by Gasteiger charge is 2.37. The molecule has 0 fully saturated rings. The lowest BCUT2D eigenvalue weighted by molar-refractivity contribution is 0.154. The quantitative estimate of drug-likeness (QED) is 0.161. The van der Waals surface area contributed by atoms with Crippen LogP contribution >= 0.6 is 23.2 Å². The fraction of sp³-hybridized carbons (Fsp3) is 0.278. The van der Waals surface area contributed by atoms with Crippen LogP contribution in [0.4, 0.5) is 0 Å². The molecule has 0 amide bonds. The van der Waals surface area contributed by atoms with E-state index in [9.17, 15) is 0 Å². The van der Waals surface area contributed by atoms with Crippen molar-refractivity contribution in [2.45, 2.75) is 39.0 Å². The minimum absolute atomic E-state index is 0.106. The van der Waals surface area contributed by atoms with E-state index in [4.69, 9.17) is 27.9 Å². The van der Waals surface area contributed by atoms with Gasteiger partial charge in [-0.1, -0.05) is 115 Å². The molecule has 1 atom stereocenters. The molecule has 1 aliphatic rings. The van der Waals surface area contributed by atoms with Crippen LogP contribution in [0.25, 0.3) is 5.70 Å². The molecular formula is C36H39Cl2N3O. The summed E-state index contributed by atoms with van der Waals surface area (Å²) in [7, 11) is 3.92. The third kappa shape index (κ3) is 6.78. The van der Waals surface area contributed by atoms with Crippen LogP contribution in [-0.2, 0) is 13.1 Å². The van der Waals surface area contributed by atoms with E-state index >= 15 is 0 Å². The Bertz CT molecular complexity index is 1450. The molecule has 6 heteroatoms. The van der Waals surface area contributed by atoms with E-state index in [0.29, 0.717) is 16.6 Å². The second kappa shape index (κ2) is 14.2. The van der Waals surface area contributed by atoms with E-state index < -0.39 is 0 Å². The SMILES string of the molecule is CCCCN1C(CN(Cc2ccc(OC)cc2)Cc2c(Cl)cccc2Cl)=C(c2ccccc2)N(C)C1c1ccccc1. The third-order valence-electron chi connectivity index (χ3n) is 7.91. The molecule has 0 radical (unpaired) electrons. The molecule has 4 aromatic carbocycles. The van der Waals surface area contributed by atoms with Gasteiger partial charge < -0.3 is 14.5 Å². The molecule has 218 valence electrons. The van der Waals surface area contributed by atoms with Crippen LogP contribution in [0.5, 0.6) is 5.75 Å².